The molecule has 0 heterocycles. The van der Waals surface area contributed by atoms with E-state index in [-0.39, 0.29) is 17.0 Å². The quantitative estimate of drug-likeness (QED) is 0.107. The fraction of sp³-hybridized carbons (Fsp3) is 0.179. The lowest BCUT2D eigenvalue weighted by Gasteiger charge is -2.13. The predicted molar refractivity (Wildman–Crippen MR) is 145 cm³/mol. The maximum atomic E-state index is 12.6. The van der Waals surface area contributed by atoms with Crippen LogP contribution in [0, 0.1) is 10.1 Å². The van der Waals surface area contributed by atoms with Crippen molar-refractivity contribution < 1.29 is 33.4 Å². The fourth-order valence-corrected chi connectivity index (χ4v) is 3.62. The molecule has 3 aromatic carbocycles. The highest BCUT2D eigenvalue weighted by atomic mass is 16.6. The van der Waals surface area contributed by atoms with Gasteiger partial charge in [-0.25, -0.2) is 0 Å². The minimum atomic E-state index is -0.598. The number of carbonyl (C=O) groups excluding carboxylic acids is 1. The van der Waals surface area contributed by atoms with E-state index in [1.54, 1.807) is 27.4 Å². The van der Waals surface area contributed by atoms with Gasteiger partial charge in [-0.3, -0.25) is 14.9 Å². The van der Waals surface area contributed by atoms with Crippen LogP contribution in [0.1, 0.15) is 21.5 Å². The number of hydrogen-bond donors (Lipinski definition) is 1. The van der Waals surface area contributed by atoms with E-state index in [2.05, 4.69) is 5.32 Å². The van der Waals surface area contributed by atoms with Crippen LogP contribution in [-0.2, 0) is 0 Å². The molecule has 0 aromatic heterocycles. The van der Waals surface area contributed by atoms with Gasteiger partial charge in [0.1, 0.15) is 5.75 Å². The average molecular weight is 521 g/mol. The number of carbonyl (C=O) groups is 1. The third kappa shape index (κ3) is 6.41. The summed E-state index contributed by atoms with van der Waals surface area (Å²) in [5.74, 6) is 1.82. The zero-order valence-corrected chi connectivity index (χ0v) is 21.6. The molecule has 0 aliphatic carbocycles. The molecule has 0 fully saturated rings. The van der Waals surface area contributed by atoms with Gasteiger partial charge in [-0.1, -0.05) is 18.2 Å². The standard InChI is InChI=1S/C28H28N2O8/c1-34-24-10-8-18(6-7-19-15-26(36-3)28(38-5)27(16-19)37-4)14-21(24)29-13-12-23(31)20-9-11-25(35-2)22(17-20)30(32)33/h6-17,29H,1-5H3/b7-6-,13-12-. The van der Waals surface area contributed by atoms with Crippen molar-refractivity contribution in [2.75, 3.05) is 40.9 Å². The first-order valence-corrected chi connectivity index (χ1v) is 11.3. The number of ketones is 1. The molecule has 10 nitrogen and oxygen atoms in total. The lowest BCUT2D eigenvalue weighted by Crippen LogP contribution is -2.00. The molecule has 0 amide bonds. The summed E-state index contributed by atoms with van der Waals surface area (Å²) in [7, 11) is 7.53. The maximum absolute atomic E-state index is 12.6. The molecule has 0 unspecified atom stereocenters. The van der Waals surface area contributed by atoms with Crippen molar-refractivity contribution in [2.45, 2.75) is 0 Å². The maximum Gasteiger partial charge on any atom is 0.311 e. The lowest BCUT2D eigenvalue weighted by molar-refractivity contribution is -0.385. The minimum absolute atomic E-state index is 0.0785. The van der Waals surface area contributed by atoms with Crippen molar-refractivity contribution in [3.8, 4) is 28.7 Å². The molecule has 10 heteroatoms. The molecular formula is C28H28N2O8. The second-order valence-corrected chi connectivity index (χ2v) is 7.74. The Morgan fingerprint density at radius 1 is 0.763 bits per heavy atom. The number of nitro benzene ring substituents is 1. The van der Waals surface area contributed by atoms with E-state index < -0.39 is 10.7 Å². The second-order valence-electron chi connectivity index (χ2n) is 7.74. The molecule has 198 valence electrons. The van der Waals surface area contributed by atoms with Gasteiger partial charge >= 0.3 is 5.69 Å². The number of anilines is 1. The molecule has 0 saturated heterocycles. The molecule has 0 aliphatic heterocycles. The van der Waals surface area contributed by atoms with Crippen LogP contribution in [0.4, 0.5) is 11.4 Å². The topological polar surface area (TPSA) is 118 Å². The largest absolute Gasteiger partial charge is 0.495 e. The molecule has 3 rings (SSSR count). The van der Waals surface area contributed by atoms with E-state index in [0.29, 0.717) is 28.7 Å². The summed E-state index contributed by atoms with van der Waals surface area (Å²) in [6, 6.07) is 13.2. The summed E-state index contributed by atoms with van der Waals surface area (Å²) >= 11 is 0. The lowest BCUT2D eigenvalue weighted by atomic mass is 10.1. The molecule has 0 radical (unpaired) electrons. The van der Waals surface area contributed by atoms with Gasteiger partial charge in [0.2, 0.25) is 5.75 Å². The number of ether oxygens (including phenoxy) is 5. The number of nitro groups is 1. The van der Waals surface area contributed by atoms with Crippen LogP contribution in [0.15, 0.2) is 60.8 Å². The van der Waals surface area contributed by atoms with E-state index in [4.69, 9.17) is 23.7 Å². The SMILES string of the molecule is COc1ccc(/C=C\c2cc(OC)c(OC)c(OC)c2)cc1N/C=C\C(=O)c1ccc(OC)c([N+](=O)[O-])c1. The molecule has 0 spiro atoms. The number of nitrogens with one attached hydrogen (secondary N) is 1. The van der Waals surface area contributed by atoms with Crippen LogP contribution in [0.3, 0.4) is 0 Å². The van der Waals surface area contributed by atoms with Gasteiger partial charge in [-0.15, -0.1) is 0 Å². The third-order valence-corrected chi connectivity index (χ3v) is 5.51. The Balaban J connectivity index is 1.80. The number of benzene rings is 3. The molecule has 0 atom stereocenters. The monoisotopic (exact) mass is 520 g/mol. The summed E-state index contributed by atoms with van der Waals surface area (Å²) < 4.78 is 26.6. The number of nitrogens with zero attached hydrogens (tertiary/aromatic N) is 1. The van der Waals surface area contributed by atoms with E-state index in [9.17, 15) is 14.9 Å². The normalized spacial score (nSPS) is 10.9. The highest BCUT2D eigenvalue weighted by molar-refractivity contribution is 6.05. The Hall–Kier alpha value is -4.99. The van der Waals surface area contributed by atoms with Crippen LogP contribution < -0.4 is 29.0 Å². The molecule has 0 aliphatic rings. The van der Waals surface area contributed by atoms with E-state index >= 15 is 0 Å². The van der Waals surface area contributed by atoms with Gasteiger partial charge in [0.25, 0.3) is 0 Å². The summed E-state index contributed by atoms with van der Waals surface area (Å²) in [4.78, 5) is 23.2. The van der Waals surface area contributed by atoms with Crippen molar-refractivity contribution in [1.82, 2.24) is 0 Å². The van der Waals surface area contributed by atoms with Crippen molar-refractivity contribution in [3.63, 3.8) is 0 Å². The van der Waals surface area contributed by atoms with Crippen LogP contribution in [0.25, 0.3) is 12.2 Å². The number of methoxy groups -OCH3 is 5. The van der Waals surface area contributed by atoms with Gasteiger partial charge in [-0.05, 0) is 47.5 Å². The van der Waals surface area contributed by atoms with E-state index in [0.717, 1.165) is 11.1 Å². The van der Waals surface area contributed by atoms with Crippen molar-refractivity contribution in [1.29, 1.82) is 0 Å². The zero-order chi connectivity index (χ0) is 27.7. The predicted octanol–water partition coefficient (Wildman–Crippen LogP) is 5.62. The van der Waals surface area contributed by atoms with Gasteiger partial charge < -0.3 is 29.0 Å². The number of rotatable bonds is 12. The van der Waals surface area contributed by atoms with Crippen LogP contribution >= 0.6 is 0 Å². The van der Waals surface area contributed by atoms with Gasteiger partial charge in [-0.2, -0.15) is 0 Å². The fourth-order valence-electron chi connectivity index (χ4n) is 3.62. The number of hydrogen-bond acceptors (Lipinski definition) is 9. The summed E-state index contributed by atoms with van der Waals surface area (Å²) in [6.45, 7) is 0. The van der Waals surface area contributed by atoms with Crippen molar-refractivity contribution in [2.24, 2.45) is 0 Å². The Bertz CT molecular complexity index is 1360. The van der Waals surface area contributed by atoms with Crippen LogP contribution in [-0.4, -0.2) is 46.3 Å². The third-order valence-electron chi connectivity index (χ3n) is 5.51. The average Bonchev–Trinajstić information content (AvgIpc) is 2.94. The molecule has 0 saturated carbocycles. The first kappa shape index (κ1) is 27.6. The smallest absolute Gasteiger partial charge is 0.311 e. The first-order valence-electron chi connectivity index (χ1n) is 11.3. The van der Waals surface area contributed by atoms with E-state index in [1.807, 2.05) is 36.4 Å². The van der Waals surface area contributed by atoms with Gasteiger partial charge in [0.15, 0.2) is 23.0 Å². The van der Waals surface area contributed by atoms with Crippen LogP contribution in [0.2, 0.25) is 0 Å². The molecule has 1 N–H and O–H groups in total. The Labute approximate surface area is 220 Å². The second kappa shape index (κ2) is 12.8. The van der Waals surface area contributed by atoms with Crippen molar-refractivity contribution in [3.05, 3.63) is 87.6 Å². The minimum Gasteiger partial charge on any atom is -0.495 e. The van der Waals surface area contributed by atoms with Crippen LogP contribution in [0.5, 0.6) is 28.7 Å². The summed E-state index contributed by atoms with van der Waals surface area (Å²) in [6.07, 6.45) is 6.52. The molecule has 0 bridgehead atoms. The molecule has 3 aromatic rings. The first-order chi connectivity index (χ1) is 18.3. The summed E-state index contributed by atoms with van der Waals surface area (Å²) in [5.41, 5.74) is 2.18. The van der Waals surface area contributed by atoms with Gasteiger partial charge in [0.05, 0.1) is 46.2 Å². The Morgan fingerprint density at radius 2 is 1.37 bits per heavy atom. The molecular weight excluding hydrogens is 492 g/mol. The highest BCUT2D eigenvalue weighted by Crippen LogP contribution is 2.38. The number of allylic oxidation sites excluding steroid dienone is 1. The highest BCUT2D eigenvalue weighted by Gasteiger charge is 2.17. The Morgan fingerprint density at radius 3 is 1.95 bits per heavy atom. The van der Waals surface area contributed by atoms with E-state index in [1.165, 1.54) is 44.7 Å². The van der Waals surface area contributed by atoms with Gasteiger partial charge in [0, 0.05) is 23.9 Å². The molecule has 38 heavy (non-hydrogen) atoms. The Kier molecular flexibility index (Phi) is 9.31. The van der Waals surface area contributed by atoms with Crippen molar-refractivity contribution >= 4 is 29.3 Å². The summed E-state index contributed by atoms with van der Waals surface area (Å²) in [5, 5.41) is 14.3. The zero-order valence-electron chi connectivity index (χ0n) is 21.6.